The van der Waals surface area contributed by atoms with Crippen LogP contribution in [0.15, 0.2) is 24.3 Å². The van der Waals surface area contributed by atoms with Gasteiger partial charge in [0.1, 0.15) is 0 Å². The summed E-state index contributed by atoms with van der Waals surface area (Å²) in [5.74, 6) is 0.648. The quantitative estimate of drug-likeness (QED) is 0.907. The van der Waals surface area contributed by atoms with Gasteiger partial charge in [0.25, 0.3) is 0 Å². The molecule has 1 fully saturated rings. The van der Waals surface area contributed by atoms with Crippen LogP contribution in [-0.4, -0.2) is 24.0 Å². The molecule has 0 amide bonds. The van der Waals surface area contributed by atoms with Crippen LogP contribution < -0.4 is 5.73 Å². The summed E-state index contributed by atoms with van der Waals surface area (Å²) in [6, 6.07) is 9.99. The minimum atomic E-state index is 0.229. The van der Waals surface area contributed by atoms with Crippen LogP contribution in [0.5, 0.6) is 0 Å². The van der Waals surface area contributed by atoms with Gasteiger partial charge in [0.05, 0.1) is 0 Å². The van der Waals surface area contributed by atoms with Gasteiger partial charge >= 0.3 is 0 Å². The van der Waals surface area contributed by atoms with Crippen LogP contribution in [0.3, 0.4) is 0 Å². The van der Waals surface area contributed by atoms with Crippen molar-refractivity contribution in [3.05, 3.63) is 35.4 Å². The summed E-state index contributed by atoms with van der Waals surface area (Å²) in [5, 5.41) is 0. The van der Waals surface area contributed by atoms with Gasteiger partial charge in [0.15, 0.2) is 0 Å². The highest BCUT2D eigenvalue weighted by Crippen LogP contribution is 2.29. The van der Waals surface area contributed by atoms with Crippen LogP contribution in [-0.2, 0) is 5.41 Å². The first-order valence-corrected chi connectivity index (χ1v) is 8.39. The van der Waals surface area contributed by atoms with Crippen molar-refractivity contribution >= 4 is 0 Å². The van der Waals surface area contributed by atoms with E-state index in [1.54, 1.807) is 0 Å². The summed E-state index contributed by atoms with van der Waals surface area (Å²) in [6.45, 7) is 13.6. The van der Waals surface area contributed by atoms with Crippen LogP contribution in [0.25, 0.3) is 0 Å². The number of rotatable bonds is 3. The van der Waals surface area contributed by atoms with Gasteiger partial charge in [-0.2, -0.15) is 0 Å². The molecule has 0 spiro atoms. The van der Waals surface area contributed by atoms with E-state index in [2.05, 4.69) is 63.8 Å². The molecular weight excluding hydrogens is 256 g/mol. The van der Waals surface area contributed by atoms with Gasteiger partial charge in [0, 0.05) is 18.6 Å². The molecule has 3 unspecified atom stereocenters. The lowest BCUT2D eigenvalue weighted by atomic mass is 9.86. The molecule has 3 atom stereocenters. The summed E-state index contributed by atoms with van der Waals surface area (Å²) in [4.78, 5) is 2.60. The molecule has 0 saturated carbocycles. The van der Waals surface area contributed by atoms with Crippen molar-refractivity contribution in [1.82, 2.24) is 4.90 Å². The maximum Gasteiger partial charge on any atom is 0.0320 e. The zero-order valence-electron chi connectivity index (χ0n) is 14.4. The average molecular weight is 288 g/mol. The molecule has 0 radical (unpaired) electrons. The molecule has 2 rings (SSSR count). The number of hydrogen-bond acceptors (Lipinski definition) is 2. The fraction of sp³-hybridized carbons (Fsp3) is 0.684. The van der Waals surface area contributed by atoms with Crippen molar-refractivity contribution in [2.45, 2.75) is 65.0 Å². The van der Waals surface area contributed by atoms with Crippen molar-refractivity contribution < 1.29 is 0 Å². The smallest absolute Gasteiger partial charge is 0.0320 e. The Balaban J connectivity index is 2.07. The summed E-state index contributed by atoms with van der Waals surface area (Å²) in [6.07, 6.45) is 2.56. The fourth-order valence-corrected chi connectivity index (χ4v) is 3.29. The Morgan fingerprint density at radius 2 is 1.76 bits per heavy atom. The minimum absolute atomic E-state index is 0.229. The van der Waals surface area contributed by atoms with E-state index in [0.29, 0.717) is 18.0 Å². The molecular formula is C19H32N2. The molecule has 0 aromatic heterocycles. The van der Waals surface area contributed by atoms with E-state index in [-0.39, 0.29) is 5.41 Å². The Kier molecular flexibility index (Phi) is 5.11. The highest BCUT2D eigenvalue weighted by Gasteiger charge is 2.26. The zero-order valence-corrected chi connectivity index (χ0v) is 14.4. The second kappa shape index (κ2) is 6.50. The Bertz CT molecular complexity index is 442. The summed E-state index contributed by atoms with van der Waals surface area (Å²) < 4.78 is 0. The first-order chi connectivity index (χ1) is 9.79. The van der Waals surface area contributed by atoms with E-state index in [1.807, 2.05) is 0 Å². The Morgan fingerprint density at radius 1 is 1.14 bits per heavy atom. The lowest BCUT2D eigenvalue weighted by molar-refractivity contribution is 0.121. The average Bonchev–Trinajstić information content (AvgIpc) is 2.46. The molecule has 2 heteroatoms. The van der Waals surface area contributed by atoms with Gasteiger partial charge in [0.2, 0.25) is 0 Å². The number of nitrogens with two attached hydrogens (primary N) is 1. The van der Waals surface area contributed by atoms with Crippen LogP contribution in [0.1, 0.15) is 64.6 Å². The summed E-state index contributed by atoms with van der Waals surface area (Å²) in [5.41, 5.74) is 9.17. The van der Waals surface area contributed by atoms with Gasteiger partial charge < -0.3 is 5.73 Å². The molecule has 0 bridgehead atoms. The van der Waals surface area contributed by atoms with Gasteiger partial charge in [-0.25, -0.2) is 0 Å². The normalized spacial score (nSPS) is 23.8. The van der Waals surface area contributed by atoms with E-state index in [1.165, 1.54) is 30.5 Å². The fourth-order valence-electron chi connectivity index (χ4n) is 3.29. The lowest BCUT2D eigenvalue weighted by Crippen LogP contribution is -2.43. The molecule has 0 aliphatic carbocycles. The molecule has 1 heterocycles. The van der Waals surface area contributed by atoms with Crippen molar-refractivity contribution in [3.63, 3.8) is 0 Å². The van der Waals surface area contributed by atoms with Crippen molar-refractivity contribution in [2.75, 3.05) is 13.1 Å². The summed E-state index contributed by atoms with van der Waals surface area (Å²) >= 11 is 0. The Hall–Kier alpha value is -0.860. The second-order valence-corrected chi connectivity index (χ2v) is 7.80. The Labute approximate surface area is 130 Å². The largest absolute Gasteiger partial charge is 0.328 e. The molecule has 2 nitrogen and oxygen atoms in total. The monoisotopic (exact) mass is 288 g/mol. The highest BCUT2D eigenvalue weighted by molar-refractivity contribution is 5.29. The third-order valence-electron chi connectivity index (χ3n) is 5.04. The summed E-state index contributed by atoms with van der Waals surface area (Å²) in [7, 11) is 0. The van der Waals surface area contributed by atoms with Gasteiger partial charge in [-0.15, -0.1) is 0 Å². The number of benzene rings is 1. The molecule has 1 aromatic carbocycles. The van der Waals surface area contributed by atoms with Crippen LogP contribution >= 0.6 is 0 Å². The van der Waals surface area contributed by atoms with E-state index in [9.17, 15) is 0 Å². The molecule has 21 heavy (non-hydrogen) atoms. The second-order valence-electron chi connectivity index (χ2n) is 7.80. The van der Waals surface area contributed by atoms with E-state index in [4.69, 9.17) is 5.73 Å². The molecule has 1 saturated heterocycles. The van der Waals surface area contributed by atoms with Gasteiger partial charge in [-0.3, -0.25) is 4.90 Å². The van der Waals surface area contributed by atoms with Crippen molar-refractivity contribution in [3.8, 4) is 0 Å². The SMILES string of the molecule is CC(N)C1CCCN(C(C)c2ccc(C(C)(C)C)cc2)C1. The number of nitrogens with zero attached hydrogens (tertiary/aromatic N) is 1. The Morgan fingerprint density at radius 3 is 2.29 bits per heavy atom. The molecule has 1 aromatic rings. The van der Waals surface area contributed by atoms with Crippen molar-refractivity contribution in [2.24, 2.45) is 11.7 Å². The topological polar surface area (TPSA) is 29.3 Å². The first kappa shape index (κ1) is 16.5. The third kappa shape index (κ3) is 4.08. The van der Waals surface area contributed by atoms with E-state index in [0.717, 1.165) is 6.54 Å². The molecule has 2 N–H and O–H groups in total. The lowest BCUT2D eigenvalue weighted by Gasteiger charge is -2.38. The standard InChI is InChI=1S/C19H32N2/c1-14(20)17-7-6-12-21(13-17)15(2)16-8-10-18(11-9-16)19(3,4)5/h8-11,14-15,17H,6-7,12-13,20H2,1-5H3. The van der Waals surface area contributed by atoms with Crippen LogP contribution in [0.2, 0.25) is 0 Å². The predicted octanol–water partition coefficient (Wildman–Crippen LogP) is 4.10. The first-order valence-electron chi connectivity index (χ1n) is 8.39. The number of likely N-dealkylation sites (tertiary alicyclic amines) is 1. The van der Waals surface area contributed by atoms with Crippen molar-refractivity contribution in [1.29, 1.82) is 0 Å². The van der Waals surface area contributed by atoms with Crippen LogP contribution in [0, 0.1) is 5.92 Å². The number of hydrogen-bond donors (Lipinski definition) is 1. The zero-order chi connectivity index (χ0) is 15.6. The van der Waals surface area contributed by atoms with E-state index >= 15 is 0 Å². The highest BCUT2D eigenvalue weighted by atomic mass is 15.2. The maximum atomic E-state index is 6.11. The van der Waals surface area contributed by atoms with Gasteiger partial charge in [-0.1, -0.05) is 45.0 Å². The molecule has 1 aliphatic rings. The molecule has 118 valence electrons. The maximum absolute atomic E-state index is 6.11. The molecule has 1 aliphatic heterocycles. The predicted molar refractivity (Wildman–Crippen MR) is 91.5 cm³/mol. The number of piperidine rings is 1. The van der Waals surface area contributed by atoms with Gasteiger partial charge in [-0.05, 0) is 55.7 Å². The minimum Gasteiger partial charge on any atom is -0.328 e. The van der Waals surface area contributed by atoms with Crippen LogP contribution in [0.4, 0.5) is 0 Å². The third-order valence-corrected chi connectivity index (χ3v) is 5.04. The van der Waals surface area contributed by atoms with E-state index < -0.39 is 0 Å².